The molecule has 1 fully saturated rings. The Labute approximate surface area is 90.0 Å². The van der Waals surface area contributed by atoms with Gasteiger partial charge in [0.25, 0.3) is 0 Å². The molecule has 2 rings (SSSR count). The highest BCUT2D eigenvalue weighted by molar-refractivity contribution is 9.10. The molecule has 0 spiro atoms. The maximum absolute atomic E-state index is 8.84. The van der Waals surface area contributed by atoms with Gasteiger partial charge in [0.05, 0.1) is 0 Å². The van der Waals surface area contributed by atoms with Crippen LogP contribution < -0.4 is 10.1 Å². The van der Waals surface area contributed by atoms with E-state index in [9.17, 15) is 0 Å². The molecular formula is C9H8BrN3O. The van der Waals surface area contributed by atoms with E-state index in [0.29, 0.717) is 11.4 Å². The van der Waals surface area contributed by atoms with Crippen LogP contribution in [0, 0.1) is 11.3 Å². The minimum atomic E-state index is 0.149. The number of nitrogens with zero attached hydrogens (tertiary/aromatic N) is 2. The summed E-state index contributed by atoms with van der Waals surface area (Å²) < 4.78 is 6.30. The van der Waals surface area contributed by atoms with Gasteiger partial charge < -0.3 is 10.1 Å². The number of halogens is 1. The number of aromatic nitrogens is 1. The van der Waals surface area contributed by atoms with Crippen molar-refractivity contribution >= 4 is 15.9 Å². The van der Waals surface area contributed by atoms with Crippen molar-refractivity contribution in [3.05, 3.63) is 22.3 Å². The molecule has 1 saturated heterocycles. The summed E-state index contributed by atoms with van der Waals surface area (Å²) in [5, 5.41) is 11.9. The molecule has 0 saturated carbocycles. The zero-order chi connectivity index (χ0) is 9.97. The zero-order valence-corrected chi connectivity index (χ0v) is 8.91. The van der Waals surface area contributed by atoms with Gasteiger partial charge in [0.15, 0.2) is 0 Å². The molecule has 14 heavy (non-hydrogen) atoms. The van der Waals surface area contributed by atoms with Crippen molar-refractivity contribution < 1.29 is 4.74 Å². The fourth-order valence-electron chi connectivity index (χ4n) is 1.10. The number of ether oxygens (including phenoxy) is 1. The van der Waals surface area contributed by atoms with E-state index < -0.39 is 0 Å². The van der Waals surface area contributed by atoms with E-state index in [1.165, 1.54) is 0 Å². The van der Waals surface area contributed by atoms with Gasteiger partial charge in [0.2, 0.25) is 5.88 Å². The number of nitrogens with one attached hydrogen (secondary N) is 1. The van der Waals surface area contributed by atoms with Gasteiger partial charge >= 0.3 is 0 Å². The topological polar surface area (TPSA) is 57.9 Å². The molecule has 2 heterocycles. The van der Waals surface area contributed by atoms with E-state index >= 15 is 0 Å². The van der Waals surface area contributed by atoms with Crippen LogP contribution in [-0.2, 0) is 0 Å². The van der Waals surface area contributed by atoms with E-state index in [1.807, 2.05) is 0 Å². The molecular weight excluding hydrogens is 246 g/mol. The Kier molecular flexibility index (Phi) is 2.66. The highest BCUT2D eigenvalue weighted by Crippen LogP contribution is 2.20. The van der Waals surface area contributed by atoms with E-state index in [-0.39, 0.29) is 6.10 Å². The Morgan fingerprint density at radius 2 is 2.43 bits per heavy atom. The highest BCUT2D eigenvalue weighted by atomic mass is 79.9. The van der Waals surface area contributed by atoms with Crippen LogP contribution in [0.3, 0.4) is 0 Å². The fraction of sp³-hybridized carbons (Fsp3) is 0.333. The molecule has 0 atom stereocenters. The van der Waals surface area contributed by atoms with Crippen molar-refractivity contribution in [3.63, 3.8) is 0 Å². The summed E-state index contributed by atoms with van der Waals surface area (Å²) in [5.41, 5.74) is 0.464. The largest absolute Gasteiger partial charge is 0.471 e. The Balaban J connectivity index is 2.19. The van der Waals surface area contributed by atoms with Crippen molar-refractivity contribution in [3.8, 4) is 11.9 Å². The van der Waals surface area contributed by atoms with Crippen LogP contribution in [0.1, 0.15) is 5.56 Å². The van der Waals surface area contributed by atoms with Gasteiger partial charge in [-0.2, -0.15) is 5.26 Å². The van der Waals surface area contributed by atoms with Crippen molar-refractivity contribution in [1.82, 2.24) is 10.3 Å². The Bertz CT molecular complexity index is 384. The highest BCUT2D eigenvalue weighted by Gasteiger charge is 2.20. The maximum Gasteiger partial charge on any atom is 0.232 e. The first-order valence-electron chi connectivity index (χ1n) is 4.22. The Hall–Kier alpha value is -1.12. The Morgan fingerprint density at radius 3 is 3.00 bits per heavy atom. The lowest BCUT2D eigenvalue weighted by molar-refractivity contribution is 0.135. The predicted molar refractivity (Wildman–Crippen MR) is 53.9 cm³/mol. The van der Waals surface area contributed by atoms with Gasteiger partial charge in [-0.1, -0.05) is 0 Å². The lowest BCUT2D eigenvalue weighted by Gasteiger charge is -2.27. The molecule has 1 aromatic rings. The van der Waals surface area contributed by atoms with Gasteiger partial charge in [0.1, 0.15) is 17.7 Å². The first kappa shape index (κ1) is 9.44. The van der Waals surface area contributed by atoms with Crippen molar-refractivity contribution in [2.75, 3.05) is 13.1 Å². The second-order valence-corrected chi connectivity index (χ2v) is 3.93. The third kappa shape index (κ3) is 1.86. The van der Waals surface area contributed by atoms with Gasteiger partial charge in [-0.05, 0) is 22.0 Å². The average molecular weight is 254 g/mol. The summed E-state index contributed by atoms with van der Waals surface area (Å²) in [6.45, 7) is 1.64. The summed E-state index contributed by atoms with van der Waals surface area (Å²) in [5.74, 6) is 0.419. The fourth-order valence-corrected chi connectivity index (χ4v) is 1.44. The quantitative estimate of drug-likeness (QED) is 0.857. The van der Waals surface area contributed by atoms with Crippen LogP contribution >= 0.6 is 15.9 Å². The number of hydrogen-bond donors (Lipinski definition) is 1. The van der Waals surface area contributed by atoms with Gasteiger partial charge in [-0.25, -0.2) is 4.98 Å². The molecule has 0 aliphatic carbocycles. The normalized spacial score (nSPS) is 15.7. The summed E-state index contributed by atoms with van der Waals surface area (Å²) in [7, 11) is 0. The van der Waals surface area contributed by atoms with E-state index in [1.54, 1.807) is 12.3 Å². The number of rotatable bonds is 2. The molecule has 1 aliphatic heterocycles. The van der Waals surface area contributed by atoms with Crippen LogP contribution in [0.5, 0.6) is 5.88 Å². The van der Waals surface area contributed by atoms with Crippen molar-refractivity contribution in [2.45, 2.75) is 6.10 Å². The van der Waals surface area contributed by atoms with Crippen LogP contribution in [0.4, 0.5) is 0 Å². The van der Waals surface area contributed by atoms with E-state index in [0.717, 1.165) is 17.6 Å². The van der Waals surface area contributed by atoms with Gasteiger partial charge in [0, 0.05) is 23.8 Å². The third-order valence-electron chi connectivity index (χ3n) is 1.96. The first-order chi connectivity index (χ1) is 6.79. The second-order valence-electron chi connectivity index (χ2n) is 3.02. The predicted octanol–water partition coefficient (Wildman–Crippen LogP) is 1.07. The van der Waals surface area contributed by atoms with Gasteiger partial charge in [-0.15, -0.1) is 0 Å². The molecule has 0 aromatic carbocycles. The van der Waals surface area contributed by atoms with E-state index in [2.05, 4.69) is 32.3 Å². The maximum atomic E-state index is 8.84. The number of nitriles is 1. The summed E-state index contributed by atoms with van der Waals surface area (Å²) in [6.07, 6.45) is 1.78. The summed E-state index contributed by atoms with van der Waals surface area (Å²) in [6, 6.07) is 3.75. The Morgan fingerprint density at radius 1 is 1.64 bits per heavy atom. The number of hydrogen-bond acceptors (Lipinski definition) is 4. The molecule has 0 radical (unpaired) electrons. The molecule has 0 unspecified atom stereocenters. The SMILES string of the molecule is N#Cc1cc(Br)cnc1OC1CNC1. The number of pyridine rings is 1. The molecule has 0 amide bonds. The summed E-state index contributed by atoms with van der Waals surface area (Å²) in [4.78, 5) is 4.05. The molecule has 1 aliphatic rings. The van der Waals surface area contributed by atoms with Crippen LogP contribution in [0.2, 0.25) is 0 Å². The van der Waals surface area contributed by atoms with Crippen LogP contribution in [0.15, 0.2) is 16.7 Å². The summed E-state index contributed by atoms with van der Waals surface area (Å²) >= 11 is 3.25. The lowest BCUT2D eigenvalue weighted by atomic mass is 10.2. The van der Waals surface area contributed by atoms with Crippen LogP contribution in [0.25, 0.3) is 0 Å². The molecule has 0 bridgehead atoms. The standard InChI is InChI=1S/C9H8BrN3O/c10-7-1-6(2-11)9(13-3-7)14-8-4-12-5-8/h1,3,8,12H,4-5H2. The molecule has 1 N–H and O–H groups in total. The second kappa shape index (κ2) is 3.95. The smallest absolute Gasteiger partial charge is 0.232 e. The molecule has 72 valence electrons. The zero-order valence-electron chi connectivity index (χ0n) is 7.33. The molecule has 4 nitrogen and oxygen atoms in total. The minimum Gasteiger partial charge on any atom is -0.471 e. The minimum absolute atomic E-state index is 0.149. The monoisotopic (exact) mass is 253 g/mol. The lowest BCUT2D eigenvalue weighted by Crippen LogP contribution is -2.50. The van der Waals surface area contributed by atoms with Crippen molar-refractivity contribution in [1.29, 1.82) is 5.26 Å². The van der Waals surface area contributed by atoms with Crippen molar-refractivity contribution in [2.24, 2.45) is 0 Å². The van der Waals surface area contributed by atoms with Gasteiger partial charge in [-0.3, -0.25) is 0 Å². The average Bonchev–Trinajstić information content (AvgIpc) is 2.13. The van der Waals surface area contributed by atoms with E-state index in [4.69, 9.17) is 10.00 Å². The molecule has 1 aromatic heterocycles. The first-order valence-corrected chi connectivity index (χ1v) is 5.02. The molecule has 5 heteroatoms. The third-order valence-corrected chi connectivity index (χ3v) is 2.39. The van der Waals surface area contributed by atoms with Crippen LogP contribution in [-0.4, -0.2) is 24.2 Å².